The van der Waals surface area contributed by atoms with Gasteiger partial charge in [-0.15, -0.1) is 12.4 Å². The van der Waals surface area contributed by atoms with E-state index in [1.54, 1.807) is 6.92 Å². The smallest absolute Gasteiger partial charge is 0.310 e. The summed E-state index contributed by atoms with van der Waals surface area (Å²) in [5.41, 5.74) is 0. The van der Waals surface area contributed by atoms with E-state index in [0.29, 0.717) is 24.8 Å². The Labute approximate surface area is 127 Å². The molecule has 118 valence electrons. The molecule has 1 amide bonds. The lowest BCUT2D eigenvalue weighted by Crippen LogP contribution is -2.35. The molecule has 0 aromatic rings. The third-order valence-electron chi connectivity index (χ3n) is 3.90. The lowest BCUT2D eigenvalue weighted by Gasteiger charge is -2.28. The van der Waals surface area contributed by atoms with E-state index in [4.69, 9.17) is 0 Å². The number of ether oxygens (including phenoxy) is 1. The van der Waals surface area contributed by atoms with Crippen LogP contribution in [0.3, 0.4) is 0 Å². The molecule has 20 heavy (non-hydrogen) atoms. The summed E-state index contributed by atoms with van der Waals surface area (Å²) in [5.74, 6) is 0.484. The number of methoxy groups -OCH3 is 1. The molecular weight excluding hydrogens is 280 g/mol. The Hall–Kier alpha value is -0.810. The summed E-state index contributed by atoms with van der Waals surface area (Å²) in [4.78, 5) is 23.0. The Morgan fingerprint density at radius 2 is 1.90 bits per heavy atom. The van der Waals surface area contributed by atoms with E-state index in [1.807, 2.05) is 0 Å². The summed E-state index contributed by atoms with van der Waals surface area (Å²) in [5, 5.41) is 6.14. The quantitative estimate of drug-likeness (QED) is 0.727. The lowest BCUT2D eigenvalue weighted by atomic mass is 9.84. The highest BCUT2D eigenvalue weighted by molar-refractivity contribution is 5.85. The molecule has 0 aromatic heterocycles. The van der Waals surface area contributed by atoms with Crippen LogP contribution in [0.1, 0.15) is 33.1 Å². The third kappa shape index (κ3) is 6.57. The highest BCUT2D eigenvalue weighted by Gasteiger charge is 2.22. The van der Waals surface area contributed by atoms with Crippen molar-refractivity contribution in [3.63, 3.8) is 0 Å². The summed E-state index contributed by atoms with van der Waals surface area (Å²) >= 11 is 0. The van der Waals surface area contributed by atoms with Crippen LogP contribution in [-0.4, -0.2) is 38.6 Å². The molecule has 1 fully saturated rings. The maximum atomic E-state index is 11.8. The van der Waals surface area contributed by atoms with Gasteiger partial charge in [0.15, 0.2) is 0 Å². The summed E-state index contributed by atoms with van der Waals surface area (Å²) in [6, 6.07) is 0. The number of nitrogens with one attached hydrogen (secondary N) is 2. The van der Waals surface area contributed by atoms with Gasteiger partial charge in [-0.1, -0.05) is 13.8 Å². The number of hydrogen-bond acceptors (Lipinski definition) is 4. The Bertz CT molecular complexity index is 307. The number of esters is 1. The average Bonchev–Trinajstić information content (AvgIpc) is 2.44. The number of carbonyl (C=O) groups is 2. The van der Waals surface area contributed by atoms with Crippen molar-refractivity contribution in [1.29, 1.82) is 0 Å². The predicted molar refractivity (Wildman–Crippen MR) is 80.8 cm³/mol. The fourth-order valence-corrected chi connectivity index (χ4v) is 2.50. The molecule has 2 unspecified atom stereocenters. The maximum Gasteiger partial charge on any atom is 0.310 e. The minimum atomic E-state index is -0.289. The van der Waals surface area contributed by atoms with Crippen LogP contribution in [0, 0.1) is 17.8 Å². The van der Waals surface area contributed by atoms with Gasteiger partial charge in [-0.05, 0) is 37.8 Å². The van der Waals surface area contributed by atoms with E-state index in [-0.39, 0.29) is 30.2 Å². The van der Waals surface area contributed by atoms with Crippen LogP contribution in [0.25, 0.3) is 0 Å². The summed E-state index contributed by atoms with van der Waals surface area (Å²) < 4.78 is 4.62. The van der Waals surface area contributed by atoms with Crippen molar-refractivity contribution in [3.05, 3.63) is 0 Å². The molecule has 1 aliphatic rings. The second-order valence-corrected chi connectivity index (χ2v) is 5.50. The zero-order chi connectivity index (χ0) is 14.3. The number of rotatable bonds is 6. The zero-order valence-corrected chi connectivity index (χ0v) is 13.4. The van der Waals surface area contributed by atoms with E-state index in [9.17, 15) is 9.59 Å². The molecule has 1 heterocycles. The van der Waals surface area contributed by atoms with Crippen LogP contribution in [0.4, 0.5) is 0 Å². The van der Waals surface area contributed by atoms with Gasteiger partial charge in [-0.3, -0.25) is 9.59 Å². The third-order valence-corrected chi connectivity index (χ3v) is 3.90. The number of carbonyl (C=O) groups excluding carboxylic acids is 2. The van der Waals surface area contributed by atoms with E-state index in [1.165, 1.54) is 7.11 Å². The fraction of sp³-hybridized carbons (Fsp3) is 0.857. The normalized spacial score (nSPS) is 18.6. The van der Waals surface area contributed by atoms with Gasteiger partial charge in [-0.25, -0.2) is 0 Å². The van der Waals surface area contributed by atoms with Gasteiger partial charge in [-0.2, -0.15) is 0 Å². The molecule has 6 heteroatoms. The lowest BCUT2D eigenvalue weighted by molar-refractivity contribution is -0.144. The van der Waals surface area contributed by atoms with Crippen molar-refractivity contribution >= 4 is 24.3 Å². The maximum absolute atomic E-state index is 11.8. The Morgan fingerprint density at radius 3 is 2.45 bits per heavy atom. The standard InChI is InChI=1S/C14H26N2O3.ClH/c1-10(12-4-6-15-7-5-12)8-13(17)16-9-11(2)14(18)19-3;/h10-12,15H,4-9H2,1-3H3,(H,16,17);1H. The van der Waals surface area contributed by atoms with Crippen LogP contribution in [0.15, 0.2) is 0 Å². The van der Waals surface area contributed by atoms with E-state index >= 15 is 0 Å². The highest BCUT2D eigenvalue weighted by Crippen LogP contribution is 2.24. The van der Waals surface area contributed by atoms with Gasteiger partial charge in [0.05, 0.1) is 13.0 Å². The van der Waals surface area contributed by atoms with Gasteiger partial charge in [0.1, 0.15) is 0 Å². The van der Waals surface area contributed by atoms with Crippen molar-refractivity contribution in [3.8, 4) is 0 Å². The topological polar surface area (TPSA) is 67.4 Å². The molecular formula is C14H27ClN2O3. The molecule has 0 spiro atoms. The summed E-state index contributed by atoms with van der Waals surface area (Å²) in [7, 11) is 1.36. The predicted octanol–water partition coefficient (Wildman–Crippen LogP) is 1.36. The van der Waals surface area contributed by atoms with Crippen molar-refractivity contribution in [2.24, 2.45) is 17.8 Å². The van der Waals surface area contributed by atoms with E-state index in [2.05, 4.69) is 22.3 Å². The van der Waals surface area contributed by atoms with Gasteiger partial charge in [0, 0.05) is 13.0 Å². The minimum absolute atomic E-state index is 0. The first-order valence-electron chi connectivity index (χ1n) is 7.09. The van der Waals surface area contributed by atoms with Gasteiger partial charge in [0.25, 0.3) is 0 Å². The van der Waals surface area contributed by atoms with Gasteiger partial charge >= 0.3 is 5.97 Å². The van der Waals surface area contributed by atoms with Crippen molar-refractivity contribution in [1.82, 2.24) is 10.6 Å². The van der Waals surface area contributed by atoms with E-state index < -0.39 is 0 Å². The molecule has 1 saturated heterocycles. The van der Waals surface area contributed by atoms with Crippen molar-refractivity contribution in [2.45, 2.75) is 33.1 Å². The molecule has 0 aromatic carbocycles. The first kappa shape index (κ1) is 19.2. The van der Waals surface area contributed by atoms with Crippen LogP contribution < -0.4 is 10.6 Å². The second-order valence-electron chi connectivity index (χ2n) is 5.50. The Kier molecular flexibility index (Phi) is 9.59. The average molecular weight is 307 g/mol. The molecule has 1 aliphatic heterocycles. The molecule has 2 atom stereocenters. The van der Waals surface area contributed by atoms with Crippen LogP contribution in [0.5, 0.6) is 0 Å². The molecule has 0 saturated carbocycles. The van der Waals surface area contributed by atoms with Gasteiger partial charge in [0.2, 0.25) is 5.91 Å². The SMILES string of the molecule is COC(=O)C(C)CNC(=O)CC(C)C1CCNCC1.Cl. The minimum Gasteiger partial charge on any atom is -0.469 e. The molecule has 0 bridgehead atoms. The van der Waals surface area contributed by atoms with Gasteiger partial charge < -0.3 is 15.4 Å². The number of amides is 1. The Balaban J connectivity index is 0.00000361. The number of piperidine rings is 1. The number of hydrogen-bond donors (Lipinski definition) is 2. The first-order valence-corrected chi connectivity index (χ1v) is 7.09. The molecule has 5 nitrogen and oxygen atoms in total. The van der Waals surface area contributed by atoms with Crippen molar-refractivity contribution in [2.75, 3.05) is 26.7 Å². The first-order chi connectivity index (χ1) is 9.04. The summed E-state index contributed by atoms with van der Waals surface area (Å²) in [6.07, 6.45) is 2.83. The van der Waals surface area contributed by atoms with Crippen LogP contribution >= 0.6 is 12.4 Å². The molecule has 2 N–H and O–H groups in total. The van der Waals surface area contributed by atoms with E-state index in [0.717, 1.165) is 25.9 Å². The summed E-state index contributed by atoms with van der Waals surface area (Å²) in [6.45, 7) is 6.35. The molecule has 1 rings (SSSR count). The molecule has 0 radical (unpaired) electrons. The van der Waals surface area contributed by atoms with Crippen LogP contribution in [0.2, 0.25) is 0 Å². The Morgan fingerprint density at radius 1 is 1.30 bits per heavy atom. The van der Waals surface area contributed by atoms with Crippen molar-refractivity contribution < 1.29 is 14.3 Å². The molecule has 0 aliphatic carbocycles. The second kappa shape index (κ2) is 10.00. The van der Waals surface area contributed by atoms with Crippen LogP contribution in [-0.2, 0) is 14.3 Å². The number of halogens is 1. The fourth-order valence-electron chi connectivity index (χ4n) is 2.50. The zero-order valence-electron chi connectivity index (χ0n) is 12.6. The largest absolute Gasteiger partial charge is 0.469 e. The monoisotopic (exact) mass is 306 g/mol. The highest BCUT2D eigenvalue weighted by atomic mass is 35.5.